The van der Waals surface area contributed by atoms with Gasteiger partial charge in [-0.1, -0.05) is 0 Å². The van der Waals surface area contributed by atoms with E-state index in [1.165, 1.54) is 4.90 Å². The second kappa shape index (κ2) is 7.29. The van der Waals surface area contributed by atoms with Crippen LogP contribution in [-0.4, -0.2) is 101 Å². The van der Waals surface area contributed by atoms with Crippen LogP contribution in [0.25, 0.3) is 0 Å². The van der Waals surface area contributed by atoms with Crippen molar-refractivity contribution in [3.05, 3.63) is 0 Å². The van der Waals surface area contributed by atoms with Gasteiger partial charge in [-0.2, -0.15) is 0 Å². The highest BCUT2D eigenvalue weighted by Gasteiger charge is 2.41. The fourth-order valence-corrected chi connectivity index (χ4v) is 2.65. The maximum Gasteiger partial charge on any atom is 0.217 e. The summed E-state index contributed by atoms with van der Waals surface area (Å²) in [7, 11) is 0. The van der Waals surface area contributed by atoms with Gasteiger partial charge in [0.15, 0.2) is 0 Å². The Morgan fingerprint density at radius 3 is 2.25 bits per heavy atom. The molecule has 1 heterocycles. The molecule has 122 valence electrons. The smallest absolute Gasteiger partial charge is 0.217 e. The lowest BCUT2D eigenvalue weighted by Crippen LogP contribution is -2.47. The molecule has 0 aromatic rings. The van der Waals surface area contributed by atoms with Gasteiger partial charge in [-0.3, -0.25) is 22.7 Å². The fraction of sp³-hybridized carbons (Fsp3) is 1.00. The Morgan fingerprint density at radius 1 is 1.20 bits per heavy atom. The van der Waals surface area contributed by atoms with Crippen molar-refractivity contribution >= 4 is 11.2 Å². The maximum absolute atomic E-state index is 9.83. The molecule has 20 heavy (non-hydrogen) atoms. The molecule has 0 saturated carbocycles. The molecular weight excluding hydrogens is 298 g/mol. The Kier molecular flexibility index (Phi) is 6.56. The molecule has 1 aliphatic rings. The van der Waals surface area contributed by atoms with Gasteiger partial charge in [0.25, 0.3) is 0 Å². The molecule has 1 aliphatic heterocycles. The SMILES string of the molecule is OC[C@@H]1[C@H](O)[C@H](O)CN1C[C@H](O)[C@@H](CO)OS(O)(O)O. The quantitative estimate of drug-likeness (QED) is 0.246. The minimum Gasteiger partial charge on any atom is -0.395 e. The standard InChI is InChI=1S/C9H21NO9S/c11-3-5-9(15)7(14)2-10(5)1-6(13)8(4-12)19-20(16,17)18/h5-9,11-18H,1-4H2/t5-,6+,7-,8-,9+/m1/s1. The van der Waals surface area contributed by atoms with Crippen LogP contribution in [0.2, 0.25) is 0 Å². The van der Waals surface area contributed by atoms with E-state index < -0.39 is 54.8 Å². The second-order valence-electron chi connectivity index (χ2n) is 4.61. The van der Waals surface area contributed by atoms with E-state index in [1.54, 1.807) is 0 Å². The van der Waals surface area contributed by atoms with E-state index in [9.17, 15) is 15.3 Å². The summed E-state index contributed by atoms with van der Waals surface area (Å²) >= 11 is -4.34. The molecule has 0 bridgehead atoms. The van der Waals surface area contributed by atoms with E-state index in [2.05, 4.69) is 4.18 Å². The first-order valence-electron chi connectivity index (χ1n) is 5.88. The monoisotopic (exact) mass is 319 g/mol. The average molecular weight is 319 g/mol. The molecule has 0 amide bonds. The van der Waals surface area contributed by atoms with E-state index in [-0.39, 0.29) is 13.1 Å². The van der Waals surface area contributed by atoms with Crippen molar-refractivity contribution in [3.8, 4) is 0 Å². The van der Waals surface area contributed by atoms with E-state index in [4.69, 9.17) is 23.9 Å². The maximum atomic E-state index is 9.83. The van der Waals surface area contributed by atoms with Gasteiger partial charge in [0.1, 0.15) is 6.10 Å². The Balaban J connectivity index is 2.62. The molecule has 5 atom stereocenters. The zero-order valence-corrected chi connectivity index (χ0v) is 11.4. The van der Waals surface area contributed by atoms with Crippen LogP contribution in [0.3, 0.4) is 0 Å². The number of hydrogen-bond acceptors (Lipinski definition) is 10. The third-order valence-corrected chi connectivity index (χ3v) is 3.65. The highest BCUT2D eigenvalue weighted by Crippen LogP contribution is 2.36. The third kappa shape index (κ3) is 4.75. The van der Waals surface area contributed by atoms with Crippen molar-refractivity contribution in [1.82, 2.24) is 4.90 Å². The molecular formula is C9H21NO9S. The molecule has 1 fully saturated rings. The van der Waals surface area contributed by atoms with Crippen LogP contribution in [0.1, 0.15) is 0 Å². The lowest BCUT2D eigenvalue weighted by Gasteiger charge is -2.31. The number of rotatable bonds is 7. The van der Waals surface area contributed by atoms with E-state index in [1.807, 2.05) is 0 Å². The zero-order chi connectivity index (χ0) is 15.5. The molecule has 0 aliphatic carbocycles. The number of likely N-dealkylation sites (tertiary alicyclic amines) is 1. The zero-order valence-electron chi connectivity index (χ0n) is 10.6. The predicted molar refractivity (Wildman–Crippen MR) is 67.9 cm³/mol. The molecule has 0 aromatic carbocycles. The minimum atomic E-state index is -4.34. The third-order valence-electron chi connectivity index (χ3n) is 3.15. The van der Waals surface area contributed by atoms with Crippen molar-refractivity contribution in [2.75, 3.05) is 26.3 Å². The van der Waals surface area contributed by atoms with Gasteiger partial charge < -0.3 is 25.5 Å². The van der Waals surface area contributed by atoms with Crippen molar-refractivity contribution in [2.45, 2.75) is 30.5 Å². The minimum absolute atomic E-state index is 0.0169. The summed E-state index contributed by atoms with van der Waals surface area (Å²) in [5.41, 5.74) is 0. The number of aliphatic hydroxyl groups excluding tert-OH is 5. The van der Waals surface area contributed by atoms with Crippen molar-refractivity contribution in [2.24, 2.45) is 0 Å². The predicted octanol–water partition coefficient (Wildman–Crippen LogP) is -2.74. The molecule has 11 heteroatoms. The van der Waals surface area contributed by atoms with Crippen LogP contribution in [-0.2, 0) is 4.18 Å². The summed E-state index contributed by atoms with van der Waals surface area (Å²) in [6.45, 7) is -1.48. The topological polar surface area (TPSA) is 174 Å². The first-order chi connectivity index (χ1) is 9.19. The highest BCUT2D eigenvalue weighted by molar-refractivity contribution is 8.15. The second-order valence-corrected chi connectivity index (χ2v) is 5.74. The summed E-state index contributed by atoms with van der Waals surface area (Å²) in [6, 6.07) is -0.798. The molecule has 0 unspecified atom stereocenters. The van der Waals surface area contributed by atoms with E-state index in [0.717, 1.165) is 0 Å². The fourth-order valence-electron chi connectivity index (χ4n) is 2.13. The Hall–Kier alpha value is -0.0500. The van der Waals surface area contributed by atoms with Crippen molar-refractivity contribution in [3.63, 3.8) is 0 Å². The van der Waals surface area contributed by atoms with Gasteiger partial charge in [0.2, 0.25) is 11.2 Å². The molecule has 10 nitrogen and oxygen atoms in total. The Bertz CT molecular complexity index is 302. The van der Waals surface area contributed by atoms with Gasteiger partial charge in [0, 0.05) is 13.1 Å². The van der Waals surface area contributed by atoms with Crippen LogP contribution in [0.5, 0.6) is 0 Å². The number of β-amino-alcohol motifs (C(OH)–C–C–N with tert-alkyl or cyclic N) is 2. The van der Waals surface area contributed by atoms with Gasteiger partial charge in [0.05, 0.1) is 37.6 Å². The van der Waals surface area contributed by atoms with E-state index in [0.29, 0.717) is 0 Å². The van der Waals surface area contributed by atoms with Crippen LogP contribution in [0.4, 0.5) is 0 Å². The Morgan fingerprint density at radius 2 is 1.80 bits per heavy atom. The summed E-state index contributed by atoms with van der Waals surface area (Å²) < 4.78 is 30.5. The van der Waals surface area contributed by atoms with Crippen molar-refractivity contribution < 1.29 is 43.4 Å². The molecule has 1 saturated heterocycles. The van der Waals surface area contributed by atoms with Gasteiger partial charge in [-0.05, 0) is 0 Å². The Labute approximate surface area is 117 Å². The first-order valence-corrected chi connectivity index (χ1v) is 7.31. The largest absolute Gasteiger partial charge is 0.395 e. The summed E-state index contributed by atoms with van der Waals surface area (Å²) in [4.78, 5) is 1.37. The number of hydrogen-bond donors (Lipinski definition) is 8. The van der Waals surface area contributed by atoms with Gasteiger partial charge >= 0.3 is 0 Å². The molecule has 8 N–H and O–H groups in total. The number of nitrogens with zero attached hydrogens (tertiary/aromatic N) is 1. The molecule has 0 aromatic heterocycles. The van der Waals surface area contributed by atoms with Crippen molar-refractivity contribution in [1.29, 1.82) is 0 Å². The van der Waals surface area contributed by atoms with Crippen LogP contribution < -0.4 is 0 Å². The number of aliphatic hydroxyl groups is 5. The summed E-state index contributed by atoms with van der Waals surface area (Å²) in [5.74, 6) is 0. The summed E-state index contributed by atoms with van der Waals surface area (Å²) in [5, 5.41) is 47.0. The lowest BCUT2D eigenvalue weighted by molar-refractivity contribution is -0.0350. The van der Waals surface area contributed by atoms with Gasteiger partial charge in [-0.25, -0.2) is 0 Å². The normalized spacial score (nSPS) is 32.3. The van der Waals surface area contributed by atoms with E-state index >= 15 is 0 Å². The molecule has 1 rings (SSSR count). The first kappa shape index (κ1) is 18.0. The molecule has 0 radical (unpaired) electrons. The summed E-state index contributed by atoms with van der Waals surface area (Å²) in [6.07, 6.45) is -5.19. The van der Waals surface area contributed by atoms with Gasteiger partial charge in [-0.15, -0.1) is 0 Å². The van der Waals surface area contributed by atoms with Crippen LogP contribution in [0.15, 0.2) is 0 Å². The highest BCUT2D eigenvalue weighted by atomic mass is 32.3. The van der Waals surface area contributed by atoms with Crippen LogP contribution >= 0.6 is 11.2 Å². The molecule has 0 spiro atoms. The average Bonchev–Trinajstić information content (AvgIpc) is 2.60. The van der Waals surface area contributed by atoms with Crippen LogP contribution in [0, 0.1) is 0 Å². The lowest BCUT2D eigenvalue weighted by atomic mass is 10.1.